The molecule has 4 nitrogen and oxygen atoms in total. The first kappa shape index (κ1) is 16.7. The molecule has 2 aromatic carbocycles. The molecule has 0 bridgehead atoms. The van der Waals surface area contributed by atoms with Crippen molar-refractivity contribution >= 4 is 11.8 Å². The van der Waals surface area contributed by atoms with Crippen molar-refractivity contribution in [1.29, 1.82) is 0 Å². The van der Waals surface area contributed by atoms with Crippen LogP contribution >= 0.6 is 0 Å². The number of nitrogens with one attached hydrogen (secondary N) is 1. The molecule has 0 fully saturated rings. The molecule has 2 aromatic rings. The van der Waals surface area contributed by atoms with Crippen LogP contribution in [0, 0.1) is 0 Å². The highest BCUT2D eigenvalue weighted by Crippen LogP contribution is 2.21. The fourth-order valence-electron chi connectivity index (χ4n) is 2.37. The van der Waals surface area contributed by atoms with Gasteiger partial charge in [0.05, 0.1) is 0 Å². The number of amides is 2. The van der Waals surface area contributed by atoms with Crippen LogP contribution in [0.1, 0.15) is 23.7 Å². The average Bonchev–Trinajstić information content (AvgIpc) is 2.61. The van der Waals surface area contributed by atoms with Gasteiger partial charge in [0.2, 0.25) is 5.91 Å². The smallest absolute Gasteiger partial charge is 0.253 e. The van der Waals surface area contributed by atoms with Crippen molar-refractivity contribution in [1.82, 2.24) is 10.2 Å². The summed E-state index contributed by atoms with van der Waals surface area (Å²) in [5.41, 5.74) is 2.70. The van der Waals surface area contributed by atoms with Gasteiger partial charge in [-0.1, -0.05) is 42.5 Å². The van der Waals surface area contributed by atoms with Crippen molar-refractivity contribution in [2.45, 2.75) is 19.4 Å². The molecule has 23 heavy (non-hydrogen) atoms. The Kier molecular flexibility index (Phi) is 5.52. The SMILES string of the molecule is CNC(=O)C[C@H](C)N(C)C(=O)c1cccc(-c2ccccc2)c1. The number of carbonyl (C=O) groups excluding carboxylic acids is 2. The van der Waals surface area contributed by atoms with Gasteiger partial charge in [-0.3, -0.25) is 9.59 Å². The predicted octanol–water partition coefficient (Wildman–Crippen LogP) is 2.95. The van der Waals surface area contributed by atoms with Crippen molar-refractivity contribution < 1.29 is 9.59 Å². The largest absolute Gasteiger partial charge is 0.359 e. The van der Waals surface area contributed by atoms with Gasteiger partial charge in [-0.15, -0.1) is 0 Å². The molecule has 4 heteroatoms. The molecule has 0 spiro atoms. The zero-order valence-electron chi connectivity index (χ0n) is 13.7. The van der Waals surface area contributed by atoms with Crippen LogP contribution in [0.15, 0.2) is 54.6 Å². The van der Waals surface area contributed by atoms with Gasteiger partial charge in [0, 0.05) is 32.1 Å². The number of rotatable bonds is 5. The van der Waals surface area contributed by atoms with Crippen LogP contribution < -0.4 is 5.32 Å². The van der Waals surface area contributed by atoms with Crippen molar-refractivity contribution in [2.75, 3.05) is 14.1 Å². The van der Waals surface area contributed by atoms with E-state index in [9.17, 15) is 9.59 Å². The van der Waals surface area contributed by atoms with Crippen molar-refractivity contribution in [2.24, 2.45) is 0 Å². The fraction of sp³-hybridized carbons (Fsp3) is 0.263. The number of hydrogen-bond acceptors (Lipinski definition) is 2. The summed E-state index contributed by atoms with van der Waals surface area (Å²) in [5.74, 6) is -0.158. The van der Waals surface area contributed by atoms with Crippen LogP contribution in [0.4, 0.5) is 0 Å². The predicted molar refractivity (Wildman–Crippen MR) is 92.1 cm³/mol. The van der Waals surface area contributed by atoms with Gasteiger partial charge < -0.3 is 10.2 Å². The van der Waals surface area contributed by atoms with Crippen LogP contribution in [0.5, 0.6) is 0 Å². The van der Waals surface area contributed by atoms with E-state index in [4.69, 9.17) is 0 Å². The molecular formula is C19H22N2O2. The van der Waals surface area contributed by atoms with E-state index in [1.54, 1.807) is 25.1 Å². The Labute approximate surface area is 137 Å². The molecule has 0 aliphatic heterocycles. The molecule has 2 rings (SSSR count). The van der Waals surface area contributed by atoms with E-state index in [2.05, 4.69) is 5.32 Å². The minimum atomic E-state index is -0.164. The first-order valence-electron chi connectivity index (χ1n) is 7.66. The van der Waals surface area contributed by atoms with Crippen molar-refractivity contribution in [3.63, 3.8) is 0 Å². The minimum absolute atomic E-state index is 0.0739. The highest BCUT2D eigenvalue weighted by atomic mass is 16.2. The third-order valence-corrected chi connectivity index (χ3v) is 3.96. The molecule has 2 amide bonds. The van der Waals surface area contributed by atoms with Crippen molar-refractivity contribution in [3.05, 3.63) is 60.2 Å². The van der Waals surface area contributed by atoms with E-state index in [0.29, 0.717) is 5.56 Å². The zero-order valence-corrected chi connectivity index (χ0v) is 13.7. The van der Waals surface area contributed by atoms with Crippen LogP contribution in [0.25, 0.3) is 11.1 Å². The van der Waals surface area contributed by atoms with E-state index in [1.165, 1.54) is 0 Å². The maximum Gasteiger partial charge on any atom is 0.253 e. The van der Waals surface area contributed by atoms with Gasteiger partial charge in [0.25, 0.3) is 5.91 Å². The van der Waals surface area contributed by atoms with Crippen LogP contribution in [0.3, 0.4) is 0 Å². The molecule has 120 valence electrons. The standard InChI is InChI=1S/C19H22N2O2/c1-14(12-18(22)20-2)21(3)19(23)17-11-7-10-16(13-17)15-8-5-4-6-9-15/h4-11,13-14H,12H2,1-3H3,(H,20,22)/t14-/m0/s1. The molecule has 0 aliphatic rings. The molecule has 1 N–H and O–H groups in total. The lowest BCUT2D eigenvalue weighted by Gasteiger charge is -2.24. The average molecular weight is 310 g/mol. The first-order chi connectivity index (χ1) is 11.0. The Hall–Kier alpha value is -2.62. The van der Waals surface area contributed by atoms with Crippen LogP contribution in [-0.4, -0.2) is 36.9 Å². The minimum Gasteiger partial charge on any atom is -0.359 e. The summed E-state index contributed by atoms with van der Waals surface area (Å²) >= 11 is 0. The van der Waals surface area contributed by atoms with E-state index in [1.807, 2.05) is 55.5 Å². The second kappa shape index (κ2) is 7.58. The Morgan fingerprint density at radius 1 is 1.04 bits per heavy atom. The zero-order chi connectivity index (χ0) is 16.8. The lowest BCUT2D eigenvalue weighted by Crippen LogP contribution is -2.38. The fourth-order valence-corrected chi connectivity index (χ4v) is 2.37. The van der Waals surface area contributed by atoms with Crippen molar-refractivity contribution in [3.8, 4) is 11.1 Å². The van der Waals surface area contributed by atoms with Gasteiger partial charge in [-0.25, -0.2) is 0 Å². The molecule has 0 aliphatic carbocycles. The Morgan fingerprint density at radius 3 is 2.35 bits per heavy atom. The lowest BCUT2D eigenvalue weighted by molar-refractivity contribution is -0.121. The monoisotopic (exact) mass is 310 g/mol. The Bertz CT molecular complexity index is 683. The van der Waals surface area contributed by atoms with Crippen LogP contribution in [-0.2, 0) is 4.79 Å². The van der Waals surface area contributed by atoms with Gasteiger partial charge in [0.15, 0.2) is 0 Å². The maximum absolute atomic E-state index is 12.6. The Balaban J connectivity index is 2.18. The molecule has 1 atom stereocenters. The third kappa shape index (κ3) is 4.19. The number of benzene rings is 2. The summed E-state index contributed by atoms with van der Waals surface area (Å²) in [5, 5.41) is 2.58. The summed E-state index contributed by atoms with van der Waals surface area (Å²) in [4.78, 5) is 25.7. The summed E-state index contributed by atoms with van der Waals surface area (Å²) in [6.07, 6.45) is 0.289. The number of nitrogens with zero attached hydrogens (tertiary/aromatic N) is 1. The second-order valence-electron chi connectivity index (χ2n) is 5.59. The van der Waals surface area contributed by atoms with Gasteiger partial charge in [0.1, 0.15) is 0 Å². The number of carbonyl (C=O) groups is 2. The van der Waals surface area contributed by atoms with Gasteiger partial charge in [-0.2, -0.15) is 0 Å². The summed E-state index contributed by atoms with van der Waals surface area (Å²) in [7, 11) is 3.32. The topological polar surface area (TPSA) is 49.4 Å². The molecule has 0 saturated carbocycles. The molecule has 0 saturated heterocycles. The van der Waals surface area contributed by atoms with Gasteiger partial charge >= 0.3 is 0 Å². The second-order valence-corrected chi connectivity index (χ2v) is 5.59. The summed E-state index contributed by atoms with van der Waals surface area (Å²) in [6, 6.07) is 17.3. The molecule has 0 aromatic heterocycles. The van der Waals surface area contributed by atoms with E-state index < -0.39 is 0 Å². The van der Waals surface area contributed by atoms with E-state index >= 15 is 0 Å². The molecule has 0 radical (unpaired) electrons. The highest BCUT2D eigenvalue weighted by molar-refractivity contribution is 5.95. The van der Waals surface area contributed by atoms with Crippen LogP contribution in [0.2, 0.25) is 0 Å². The molecule has 0 heterocycles. The maximum atomic E-state index is 12.6. The quantitative estimate of drug-likeness (QED) is 0.923. The van der Waals surface area contributed by atoms with E-state index in [0.717, 1.165) is 11.1 Å². The summed E-state index contributed by atoms with van der Waals surface area (Å²) in [6.45, 7) is 1.87. The Morgan fingerprint density at radius 2 is 1.70 bits per heavy atom. The molecule has 0 unspecified atom stereocenters. The highest BCUT2D eigenvalue weighted by Gasteiger charge is 2.19. The summed E-state index contributed by atoms with van der Waals surface area (Å²) < 4.78 is 0. The van der Waals surface area contributed by atoms with E-state index in [-0.39, 0.29) is 24.3 Å². The first-order valence-corrected chi connectivity index (χ1v) is 7.66. The molecular weight excluding hydrogens is 288 g/mol. The normalized spacial score (nSPS) is 11.6. The van der Waals surface area contributed by atoms with Gasteiger partial charge in [-0.05, 0) is 30.2 Å². The number of hydrogen-bond donors (Lipinski definition) is 1. The third-order valence-electron chi connectivity index (χ3n) is 3.96. The lowest BCUT2D eigenvalue weighted by atomic mass is 10.0.